The smallest absolute Gasteiger partial charge is 0.247 e. The summed E-state index contributed by atoms with van der Waals surface area (Å²) in [6.45, 7) is 4.12. The molecule has 0 spiro atoms. The molecule has 1 aromatic carbocycles. The van der Waals surface area contributed by atoms with Gasteiger partial charge in [-0.2, -0.15) is 0 Å². The standard InChI is InChI=1S/C14H20ClNO2/c1-4-11-8-6-7-9-12(11)16-13(17)14(15,5-2)10-18-3/h6-9H,4-5,10H2,1-3H3,(H,16,17). The Hall–Kier alpha value is -1.06. The van der Waals surface area contributed by atoms with Crippen molar-refractivity contribution in [1.29, 1.82) is 0 Å². The number of carbonyl (C=O) groups is 1. The van der Waals surface area contributed by atoms with Crippen molar-refractivity contribution in [2.45, 2.75) is 31.6 Å². The van der Waals surface area contributed by atoms with E-state index in [4.69, 9.17) is 16.3 Å². The lowest BCUT2D eigenvalue weighted by atomic mass is 10.0. The molecule has 1 atom stereocenters. The van der Waals surface area contributed by atoms with Crippen molar-refractivity contribution in [1.82, 2.24) is 0 Å². The minimum Gasteiger partial charge on any atom is -0.382 e. The number of amides is 1. The Morgan fingerprint density at radius 2 is 2.06 bits per heavy atom. The van der Waals surface area contributed by atoms with Gasteiger partial charge in [0.15, 0.2) is 0 Å². The lowest BCUT2D eigenvalue weighted by molar-refractivity contribution is -0.120. The molecule has 1 rings (SSSR count). The Labute approximate surface area is 113 Å². The third-order valence-electron chi connectivity index (χ3n) is 2.99. The summed E-state index contributed by atoms with van der Waals surface area (Å²) in [6, 6.07) is 7.73. The van der Waals surface area contributed by atoms with Crippen LogP contribution >= 0.6 is 11.6 Å². The molecule has 0 aliphatic heterocycles. The summed E-state index contributed by atoms with van der Waals surface area (Å²) >= 11 is 6.28. The summed E-state index contributed by atoms with van der Waals surface area (Å²) in [5, 5.41) is 2.89. The van der Waals surface area contributed by atoms with E-state index in [0.29, 0.717) is 6.42 Å². The lowest BCUT2D eigenvalue weighted by Crippen LogP contribution is -2.41. The summed E-state index contributed by atoms with van der Waals surface area (Å²) in [4.78, 5) is 11.2. The van der Waals surface area contributed by atoms with E-state index in [9.17, 15) is 4.79 Å². The van der Waals surface area contributed by atoms with Crippen molar-refractivity contribution in [2.24, 2.45) is 0 Å². The van der Waals surface area contributed by atoms with Gasteiger partial charge >= 0.3 is 0 Å². The number of methoxy groups -OCH3 is 1. The zero-order chi connectivity index (χ0) is 13.6. The van der Waals surface area contributed by atoms with E-state index < -0.39 is 4.87 Å². The van der Waals surface area contributed by atoms with Crippen molar-refractivity contribution in [3.63, 3.8) is 0 Å². The van der Waals surface area contributed by atoms with Crippen LogP contribution in [0.1, 0.15) is 25.8 Å². The molecule has 1 N–H and O–H groups in total. The van der Waals surface area contributed by atoms with Gasteiger partial charge in [-0.3, -0.25) is 4.79 Å². The second-order valence-corrected chi connectivity index (χ2v) is 4.94. The molecule has 0 saturated carbocycles. The molecular weight excluding hydrogens is 250 g/mol. The van der Waals surface area contributed by atoms with E-state index >= 15 is 0 Å². The summed E-state index contributed by atoms with van der Waals surface area (Å²) < 4.78 is 5.02. The van der Waals surface area contributed by atoms with Gasteiger partial charge in [-0.05, 0) is 24.5 Å². The zero-order valence-corrected chi connectivity index (χ0v) is 11.9. The SMILES string of the molecule is CCc1ccccc1NC(=O)C(Cl)(CC)COC. The molecule has 1 aromatic rings. The highest BCUT2D eigenvalue weighted by Gasteiger charge is 2.34. The van der Waals surface area contributed by atoms with Crippen molar-refractivity contribution in [2.75, 3.05) is 19.0 Å². The molecule has 3 nitrogen and oxygen atoms in total. The van der Waals surface area contributed by atoms with E-state index in [1.165, 1.54) is 0 Å². The highest BCUT2D eigenvalue weighted by atomic mass is 35.5. The first kappa shape index (κ1) is 15.0. The molecule has 0 saturated heterocycles. The van der Waals surface area contributed by atoms with Crippen molar-refractivity contribution in [3.05, 3.63) is 29.8 Å². The maximum Gasteiger partial charge on any atom is 0.247 e. The number of halogens is 1. The second kappa shape index (κ2) is 6.76. The number of hydrogen-bond donors (Lipinski definition) is 1. The number of aryl methyl sites for hydroxylation is 1. The van der Waals surface area contributed by atoms with Crippen LogP contribution in [0.5, 0.6) is 0 Å². The molecule has 0 aromatic heterocycles. The summed E-state index contributed by atoms with van der Waals surface area (Å²) in [7, 11) is 1.54. The zero-order valence-electron chi connectivity index (χ0n) is 11.1. The topological polar surface area (TPSA) is 38.3 Å². The van der Waals surface area contributed by atoms with Crippen molar-refractivity contribution < 1.29 is 9.53 Å². The largest absolute Gasteiger partial charge is 0.382 e. The van der Waals surface area contributed by atoms with Crippen LogP contribution in [0, 0.1) is 0 Å². The van der Waals surface area contributed by atoms with Crippen LogP contribution < -0.4 is 5.32 Å². The maximum atomic E-state index is 12.2. The number of rotatable bonds is 6. The third-order valence-corrected chi connectivity index (χ3v) is 3.53. The van der Waals surface area contributed by atoms with Gasteiger partial charge in [0, 0.05) is 12.8 Å². The van der Waals surface area contributed by atoms with Crippen LogP contribution in [0.25, 0.3) is 0 Å². The average Bonchev–Trinajstić information content (AvgIpc) is 2.39. The molecule has 1 amide bonds. The van der Waals surface area contributed by atoms with E-state index in [-0.39, 0.29) is 12.5 Å². The van der Waals surface area contributed by atoms with Crippen LogP contribution in [0.2, 0.25) is 0 Å². The number of carbonyl (C=O) groups excluding carboxylic acids is 1. The van der Waals surface area contributed by atoms with Gasteiger partial charge < -0.3 is 10.1 Å². The van der Waals surface area contributed by atoms with E-state index in [0.717, 1.165) is 17.7 Å². The Morgan fingerprint density at radius 1 is 1.39 bits per heavy atom. The second-order valence-electron chi connectivity index (χ2n) is 4.22. The molecule has 0 bridgehead atoms. The molecule has 0 aliphatic carbocycles. The first-order chi connectivity index (χ1) is 8.57. The molecule has 0 radical (unpaired) electrons. The summed E-state index contributed by atoms with van der Waals surface area (Å²) in [6.07, 6.45) is 1.38. The fourth-order valence-corrected chi connectivity index (χ4v) is 1.90. The molecular formula is C14H20ClNO2. The third kappa shape index (κ3) is 3.47. The monoisotopic (exact) mass is 269 g/mol. The normalized spacial score (nSPS) is 14.0. The number of para-hydroxylation sites is 1. The minimum absolute atomic E-state index is 0.200. The first-order valence-corrected chi connectivity index (χ1v) is 6.52. The predicted molar refractivity (Wildman–Crippen MR) is 75.2 cm³/mol. The lowest BCUT2D eigenvalue weighted by Gasteiger charge is -2.24. The van der Waals surface area contributed by atoms with E-state index in [2.05, 4.69) is 5.32 Å². The Morgan fingerprint density at radius 3 is 2.61 bits per heavy atom. The summed E-state index contributed by atoms with van der Waals surface area (Å²) in [5.41, 5.74) is 1.91. The fourth-order valence-electron chi connectivity index (χ4n) is 1.74. The van der Waals surface area contributed by atoms with Gasteiger partial charge in [-0.1, -0.05) is 32.0 Å². The Balaban J connectivity index is 2.86. The van der Waals surface area contributed by atoms with Crippen molar-refractivity contribution in [3.8, 4) is 0 Å². The molecule has 1 unspecified atom stereocenters. The first-order valence-electron chi connectivity index (χ1n) is 6.14. The number of ether oxygens (including phenoxy) is 1. The number of anilines is 1. The fraction of sp³-hybridized carbons (Fsp3) is 0.500. The van der Waals surface area contributed by atoms with Gasteiger partial charge in [-0.25, -0.2) is 0 Å². The highest BCUT2D eigenvalue weighted by Crippen LogP contribution is 2.24. The van der Waals surface area contributed by atoms with Crippen LogP contribution in [-0.4, -0.2) is 24.5 Å². The van der Waals surface area contributed by atoms with Crippen molar-refractivity contribution >= 4 is 23.2 Å². The number of alkyl halides is 1. The predicted octanol–water partition coefficient (Wildman–Crippen LogP) is 3.22. The van der Waals surface area contributed by atoms with E-state index in [1.54, 1.807) is 7.11 Å². The molecule has 0 fully saturated rings. The Kier molecular flexibility index (Phi) is 5.63. The highest BCUT2D eigenvalue weighted by molar-refractivity contribution is 6.36. The van der Waals surface area contributed by atoms with Crippen LogP contribution in [-0.2, 0) is 16.0 Å². The number of nitrogens with one attached hydrogen (secondary N) is 1. The molecule has 0 heterocycles. The summed E-state index contributed by atoms with van der Waals surface area (Å²) in [5.74, 6) is -0.214. The van der Waals surface area contributed by atoms with Crippen LogP contribution in [0.3, 0.4) is 0 Å². The molecule has 0 aliphatic rings. The molecule has 18 heavy (non-hydrogen) atoms. The van der Waals surface area contributed by atoms with Crippen LogP contribution in [0.15, 0.2) is 24.3 Å². The number of benzene rings is 1. The van der Waals surface area contributed by atoms with Gasteiger partial charge in [-0.15, -0.1) is 11.6 Å². The molecule has 100 valence electrons. The minimum atomic E-state index is -1.00. The van der Waals surface area contributed by atoms with Crippen LogP contribution in [0.4, 0.5) is 5.69 Å². The van der Waals surface area contributed by atoms with Gasteiger partial charge in [0.25, 0.3) is 0 Å². The van der Waals surface area contributed by atoms with Gasteiger partial charge in [0.2, 0.25) is 5.91 Å². The quantitative estimate of drug-likeness (QED) is 0.806. The van der Waals surface area contributed by atoms with Gasteiger partial charge in [0.05, 0.1) is 6.61 Å². The maximum absolute atomic E-state index is 12.2. The molecule has 4 heteroatoms. The average molecular weight is 270 g/mol. The van der Waals surface area contributed by atoms with E-state index in [1.807, 2.05) is 38.1 Å². The Bertz CT molecular complexity index is 409. The number of hydrogen-bond acceptors (Lipinski definition) is 2. The van der Waals surface area contributed by atoms with Gasteiger partial charge in [0.1, 0.15) is 4.87 Å².